The molecule has 1 aliphatic heterocycles. The molecule has 1 spiro atoms. The van der Waals surface area contributed by atoms with Crippen LogP contribution in [0.5, 0.6) is 0 Å². The van der Waals surface area contributed by atoms with Crippen LogP contribution in [0.25, 0.3) is 22.0 Å². The number of rotatable bonds is 4. The van der Waals surface area contributed by atoms with Crippen molar-refractivity contribution in [3.05, 3.63) is 65.9 Å². The Balaban J connectivity index is 1.15. The van der Waals surface area contributed by atoms with Gasteiger partial charge >= 0.3 is 0 Å². The van der Waals surface area contributed by atoms with E-state index in [9.17, 15) is 4.79 Å². The van der Waals surface area contributed by atoms with Crippen LogP contribution in [0.1, 0.15) is 50.5 Å². The lowest BCUT2D eigenvalue weighted by Gasteiger charge is -2.46. The predicted octanol–water partition coefficient (Wildman–Crippen LogP) is 6.24. The molecule has 3 aliphatic rings. The van der Waals surface area contributed by atoms with Crippen LogP contribution in [0.2, 0.25) is 0 Å². The Bertz CT molecular complexity index is 1240. The molecule has 0 bridgehead atoms. The van der Waals surface area contributed by atoms with Gasteiger partial charge in [0.15, 0.2) is 11.6 Å². The van der Waals surface area contributed by atoms with Crippen molar-refractivity contribution >= 4 is 16.7 Å². The van der Waals surface area contributed by atoms with Gasteiger partial charge in [-0.25, -0.2) is 8.78 Å². The molecule has 0 amide bonds. The van der Waals surface area contributed by atoms with Gasteiger partial charge in [0.25, 0.3) is 0 Å². The summed E-state index contributed by atoms with van der Waals surface area (Å²) in [5.41, 5.74) is 2.20. The second-order valence-electron chi connectivity index (χ2n) is 10.7. The molecular formula is C29H30F2N2O. The van der Waals surface area contributed by atoms with Crippen molar-refractivity contribution in [3.8, 4) is 11.1 Å². The Morgan fingerprint density at radius 2 is 1.82 bits per heavy atom. The van der Waals surface area contributed by atoms with E-state index in [0.29, 0.717) is 41.7 Å². The minimum atomic E-state index is -0.778. The normalized spacial score (nSPS) is 27.4. The van der Waals surface area contributed by atoms with E-state index < -0.39 is 11.6 Å². The molecule has 1 aromatic heterocycles. The van der Waals surface area contributed by atoms with Crippen molar-refractivity contribution < 1.29 is 13.6 Å². The molecule has 2 aliphatic carbocycles. The van der Waals surface area contributed by atoms with Gasteiger partial charge in [-0.05, 0) is 86.5 Å². The zero-order valence-electron chi connectivity index (χ0n) is 19.3. The molecule has 1 N–H and O–H groups in total. The largest absolute Gasteiger partial charge is 0.304 e. The smallest absolute Gasteiger partial charge is 0.166 e. The van der Waals surface area contributed by atoms with Crippen molar-refractivity contribution in [3.63, 3.8) is 0 Å². The highest BCUT2D eigenvalue weighted by atomic mass is 19.2. The fourth-order valence-corrected chi connectivity index (χ4v) is 6.27. The summed E-state index contributed by atoms with van der Waals surface area (Å²) in [5, 5.41) is 4.52. The predicted molar refractivity (Wildman–Crippen MR) is 129 cm³/mol. The summed E-state index contributed by atoms with van der Waals surface area (Å²) in [5.74, 6) is 0.0679. The lowest BCUT2D eigenvalue weighted by Crippen LogP contribution is -2.56. The summed E-state index contributed by atoms with van der Waals surface area (Å²) in [4.78, 5) is 16.7. The summed E-state index contributed by atoms with van der Waals surface area (Å²) in [6, 6.07) is 12.8. The average molecular weight is 461 g/mol. The van der Waals surface area contributed by atoms with Gasteiger partial charge in [0.2, 0.25) is 0 Å². The molecule has 3 fully saturated rings. The first-order valence-corrected chi connectivity index (χ1v) is 12.6. The zero-order chi connectivity index (χ0) is 23.3. The van der Waals surface area contributed by atoms with Crippen LogP contribution in [-0.2, 0) is 11.2 Å². The van der Waals surface area contributed by atoms with E-state index in [0.717, 1.165) is 43.0 Å². The number of Topliss-reactive ketones (excluding diaryl/α,β-unsaturated/α-hetero) is 1. The van der Waals surface area contributed by atoms with Crippen LogP contribution in [0.3, 0.4) is 0 Å². The van der Waals surface area contributed by atoms with E-state index in [-0.39, 0.29) is 17.0 Å². The minimum Gasteiger partial charge on any atom is -0.304 e. The molecule has 2 saturated carbocycles. The molecule has 5 heteroatoms. The van der Waals surface area contributed by atoms with Gasteiger partial charge < -0.3 is 5.32 Å². The standard InChI is InChI=1S/C29H30F2N2O/c30-27-22(7-8-23(28(27)31)21-6-5-20-2-1-13-32-25(20)15-21)14-18-9-11-29(12-10-18)16-24(19-3-4-19)26(34)17-33-29/h1-2,5-8,13,15,18-19,24,33H,3-4,9-12,14,16-17H2. The van der Waals surface area contributed by atoms with E-state index in [1.165, 1.54) is 12.8 Å². The third-order valence-corrected chi connectivity index (χ3v) is 8.50. The highest BCUT2D eigenvalue weighted by Crippen LogP contribution is 2.47. The van der Waals surface area contributed by atoms with Crippen LogP contribution in [0.15, 0.2) is 48.7 Å². The van der Waals surface area contributed by atoms with Crippen LogP contribution in [-0.4, -0.2) is 22.9 Å². The number of hydrogen-bond acceptors (Lipinski definition) is 3. The Morgan fingerprint density at radius 3 is 2.62 bits per heavy atom. The maximum atomic E-state index is 15.1. The van der Waals surface area contributed by atoms with E-state index in [1.807, 2.05) is 30.3 Å². The van der Waals surface area contributed by atoms with E-state index >= 15 is 8.78 Å². The maximum Gasteiger partial charge on any atom is 0.166 e. The summed E-state index contributed by atoms with van der Waals surface area (Å²) >= 11 is 0. The number of benzene rings is 2. The summed E-state index contributed by atoms with van der Waals surface area (Å²) in [7, 11) is 0. The Kier molecular flexibility index (Phi) is 5.48. The molecule has 3 aromatic rings. The lowest BCUT2D eigenvalue weighted by molar-refractivity contribution is -0.126. The molecule has 1 saturated heterocycles. The van der Waals surface area contributed by atoms with Gasteiger partial charge in [-0.1, -0.05) is 30.3 Å². The van der Waals surface area contributed by atoms with Crippen molar-refractivity contribution in [2.24, 2.45) is 17.8 Å². The number of nitrogens with zero attached hydrogens (tertiary/aromatic N) is 1. The Hall–Kier alpha value is -2.66. The third kappa shape index (κ3) is 4.04. The first kappa shape index (κ1) is 21.8. The van der Waals surface area contributed by atoms with Gasteiger partial charge in [-0.2, -0.15) is 0 Å². The molecule has 176 valence electrons. The first-order valence-electron chi connectivity index (χ1n) is 12.6. The lowest BCUT2D eigenvalue weighted by atomic mass is 9.68. The number of carbonyl (C=O) groups excluding carboxylic acids is 1. The van der Waals surface area contributed by atoms with Crippen molar-refractivity contribution in [1.29, 1.82) is 0 Å². The quantitative estimate of drug-likeness (QED) is 0.501. The molecule has 1 atom stereocenters. The summed E-state index contributed by atoms with van der Waals surface area (Å²) in [6.07, 6.45) is 9.62. The number of fused-ring (bicyclic) bond motifs is 1. The van der Waals surface area contributed by atoms with Crippen molar-refractivity contribution in [2.75, 3.05) is 6.54 Å². The Morgan fingerprint density at radius 1 is 1.00 bits per heavy atom. The number of pyridine rings is 1. The first-order chi connectivity index (χ1) is 16.5. The monoisotopic (exact) mass is 460 g/mol. The molecule has 6 rings (SSSR count). The summed E-state index contributed by atoms with van der Waals surface area (Å²) < 4.78 is 30.2. The fraction of sp³-hybridized carbons (Fsp3) is 0.448. The van der Waals surface area contributed by atoms with E-state index in [4.69, 9.17) is 0 Å². The summed E-state index contributed by atoms with van der Waals surface area (Å²) in [6.45, 7) is 0.497. The minimum absolute atomic E-state index is 0.0649. The second-order valence-corrected chi connectivity index (χ2v) is 10.7. The number of ketones is 1. The SMILES string of the molecule is O=C1CNC2(CCC(Cc3ccc(-c4ccc5cccnc5c4)c(F)c3F)CC2)CC1C1CC1. The number of nitrogens with one attached hydrogen (secondary N) is 1. The third-order valence-electron chi connectivity index (χ3n) is 8.50. The van der Waals surface area contributed by atoms with Gasteiger partial charge in [-0.3, -0.25) is 9.78 Å². The highest BCUT2D eigenvalue weighted by molar-refractivity contribution is 5.85. The van der Waals surface area contributed by atoms with E-state index in [1.54, 1.807) is 18.3 Å². The molecule has 3 nitrogen and oxygen atoms in total. The van der Waals surface area contributed by atoms with Gasteiger partial charge in [0.1, 0.15) is 5.78 Å². The molecule has 2 aromatic carbocycles. The number of piperidine rings is 1. The highest BCUT2D eigenvalue weighted by Gasteiger charge is 2.47. The fourth-order valence-electron chi connectivity index (χ4n) is 6.27. The van der Waals surface area contributed by atoms with E-state index in [2.05, 4.69) is 10.3 Å². The van der Waals surface area contributed by atoms with Gasteiger partial charge in [0.05, 0.1) is 12.1 Å². The van der Waals surface area contributed by atoms with Gasteiger partial charge in [0, 0.05) is 28.6 Å². The topological polar surface area (TPSA) is 42.0 Å². The van der Waals surface area contributed by atoms with Crippen LogP contribution < -0.4 is 5.32 Å². The Labute approximate surface area is 199 Å². The molecule has 34 heavy (non-hydrogen) atoms. The molecular weight excluding hydrogens is 430 g/mol. The number of halogens is 2. The average Bonchev–Trinajstić information content (AvgIpc) is 3.70. The van der Waals surface area contributed by atoms with Crippen LogP contribution in [0.4, 0.5) is 8.78 Å². The van der Waals surface area contributed by atoms with Crippen LogP contribution in [0, 0.1) is 29.4 Å². The molecule has 2 heterocycles. The number of carbonyl (C=O) groups is 1. The maximum absolute atomic E-state index is 15.1. The molecule has 1 unspecified atom stereocenters. The number of aromatic nitrogens is 1. The van der Waals surface area contributed by atoms with Gasteiger partial charge in [-0.15, -0.1) is 0 Å². The number of hydrogen-bond donors (Lipinski definition) is 1. The van der Waals surface area contributed by atoms with Crippen molar-refractivity contribution in [1.82, 2.24) is 10.3 Å². The van der Waals surface area contributed by atoms with Crippen LogP contribution >= 0.6 is 0 Å². The molecule has 0 radical (unpaired) electrons. The van der Waals surface area contributed by atoms with Crippen molar-refractivity contribution in [2.45, 2.75) is 56.9 Å². The zero-order valence-corrected chi connectivity index (χ0v) is 19.3. The second kappa shape index (κ2) is 8.53.